The van der Waals surface area contributed by atoms with E-state index in [4.69, 9.17) is 16.6 Å². The molecule has 5 rings (SSSR count). The van der Waals surface area contributed by atoms with Crippen LogP contribution in [0.3, 0.4) is 0 Å². The molecule has 0 aliphatic heterocycles. The third-order valence-corrected chi connectivity index (χ3v) is 8.11. The molecule has 1 unspecified atom stereocenters. The van der Waals surface area contributed by atoms with Gasteiger partial charge in [-0.05, 0) is 43.7 Å². The van der Waals surface area contributed by atoms with Crippen LogP contribution in [0, 0.1) is 6.92 Å². The first-order chi connectivity index (χ1) is 17.4. The first-order valence-electron chi connectivity index (χ1n) is 11.3. The van der Waals surface area contributed by atoms with Crippen molar-refractivity contribution in [3.8, 4) is 16.8 Å². The van der Waals surface area contributed by atoms with Gasteiger partial charge in [0, 0.05) is 10.4 Å². The fourth-order valence-electron chi connectivity index (χ4n) is 3.99. The van der Waals surface area contributed by atoms with E-state index in [0.29, 0.717) is 31.8 Å². The average Bonchev–Trinajstić information content (AvgIpc) is 3.22. The molecule has 0 aliphatic carbocycles. The quantitative estimate of drug-likeness (QED) is 0.186. The summed E-state index contributed by atoms with van der Waals surface area (Å²) in [5.41, 5.74) is 2.96. The van der Waals surface area contributed by atoms with Crippen molar-refractivity contribution in [3.05, 3.63) is 105 Å². The zero-order chi connectivity index (χ0) is 25.2. The summed E-state index contributed by atoms with van der Waals surface area (Å²) in [6.45, 7) is 3.80. The van der Waals surface area contributed by atoms with Crippen LogP contribution in [0.5, 0.6) is 0 Å². The number of nitrogens with zero attached hydrogens (tertiary/aromatic N) is 2. The van der Waals surface area contributed by atoms with Gasteiger partial charge in [0.05, 0.1) is 27.0 Å². The maximum atomic E-state index is 14.0. The lowest BCUT2D eigenvalue weighted by atomic mass is 10.0. The van der Waals surface area contributed by atoms with Crippen molar-refractivity contribution in [3.63, 3.8) is 0 Å². The molecule has 1 amide bonds. The van der Waals surface area contributed by atoms with E-state index in [1.165, 1.54) is 23.1 Å². The van der Waals surface area contributed by atoms with E-state index in [1.54, 1.807) is 29.7 Å². The van der Waals surface area contributed by atoms with Gasteiger partial charge in [-0.25, -0.2) is 4.98 Å². The molecule has 180 valence electrons. The summed E-state index contributed by atoms with van der Waals surface area (Å²) in [6.07, 6.45) is 0. The van der Waals surface area contributed by atoms with Crippen LogP contribution in [0.15, 0.2) is 94.9 Å². The number of rotatable bonds is 6. The number of fused-ring (bicyclic) bond motifs is 1. The summed E-state index contributed by atoms with van der Waals surface area (Å²) in [6, 6.07) is 26.4. The molecule has 0 saturated carbocycles. The number of carbonyl (C=O) groups excluding carboxylic acids is 1. The Labute approximate surface area is 221 Å². The van der Waals surface area contributed by atoms with Crippen molar-refractivity contribution in [1.29, 1.82) is 0 Å². The number of thiophene rings is 1. The Morgan fingerprint density at radius 2 is 1.64 bits per heavy atom. The Morgan fingerprint density at radius 3 is 2.33 bits per heavy atom. The van der Waals surface area contributed by atoms with E-state index in [0.717, 1.165) is 16.0 Å². The molecule has 8 heteroatoms. The van der Waals surface area contributed by atoms with Crippen molar-refractivity contribution < 1.29 is 4.79 Å². The number of amides is 1. The Balaban J connectivity index is 1.61. The second-order valence-electron chi connectivity index (χ2n) is 8.18. The number of carbonyl (C=O) groups is 1. The molecule has 1 N–H and O–H groups in total. The van der Waals surface area contributed by atoms with Gasteiger partial charge in [0.25, 0.3) is 5.56 Å². The largest absolute Gasteiger partial charge is 0.324 e. The predicted octanol–water partition coefficient (Wildman–Crippen LogP) is 7.20. The molecule has 5 aromatic rings. The number of thioether (sulfide) groups is 1. The first kappa shape index (κ1) is 24.3. The summed E-state index contributed by atoms with van der Waals surface area (Å²) in [5.74, 6) is -0.227. The molecule has 2 heterocycles. The number of aromatic nitrogens is 2. The van der Waals surface area contributed by atoms with E-state index in [1.807, 2.05) is 73.7 Å². The minimum atomic E-state index is -0.532. The maximum Gasteiger partial charge on any atom is 0.268 e. The van der Waals surface area contributed by atoms with Gasteiger partial charge in [-0.2, -0.15) is 0 Å². The van der Waals surface area contributed by atoms with Gasteiger partial charge < -0.3 is 5.32 Å². The topological polar surface area (TPSA) is 64.0 Å². The Morgan fingerprint density at radius 1 is 1.00 bits per heavy atom. The highest BCUT2D eigenvalue weighted by molar-refractivity contribution is 8.00. The smallest absolute Gasteiger partial charge is 0.268 e. The van der Waals surface area contributed by atoms with Crippen LogP contribution in [-0.4, -0.2) is 20.7 Å². The molecule has 2 aromatic heterocycles. The van der Waals surface area contributed by atoms with Gasteiger partial charge in [0.15, 0.2) is 5.16 Å². The van der Waals surface area contributed by atoms with E-state index < -0.39 is 5.25 Å². The summed E-state index contributed by atoms with van der Waals surface area (Å²) in [7, 11) is 0. The lowest BCUT2D eigenvalue weighted by molar-refractivity contribution is -0.115. The van der Waals surface area contributed by atoms with Crippen molar-refractivity contribution in [2.45, 2.75) is 24.3 Å². The van der Waals surface area contributed by atoms with E-state index >= 15 is 0 Å². The van der Waals surface area contributed by atoms with Crippen LogP contribution >= 0.6 is 34.7 Å². The summed E-state index contributed by atoms with van der Waals surface area (Å²) in [5, 5.41) is 3.85. The third kappa shape index (κ3) is 4.69. The van der Waals surface area contributed by atoms with Crippen LogP contribution < -0.4 is 10.9 Å². The number of halogens is 1. The molecule has 3 aromatic carbocycles. The highest BCUT2D eigenvalue weighted by Gasteiger charge is 2.24. The molecule has 0 aliphatic rings. The summed E-state index contributed by atoms with van der Waals surface area (Å²) < 4.78 is 1.60. The monoisotopic (exact) mass is 531 g/mol. The molecule has 0 saturated heterocycles. The van der Waals surface area contributed by atoms with Crippen molar-refractivity contribution in [2.75, 3.05) is 5.32 Å². The number of anilines is 1. The molecular weight excluding hydrogens is 510 g/mol. The Kier molecular flexibility index (Phi) is 6.96. The van der Waals surface area contributed by atoms with Crippen molar-refractivity contribution in [2.24, 2.45) is 0 Å². The third-order valence-electron chi connectivity index (χ3n) is 5.73. The van der Waals surface area contributed by atoms with Crippen LogP contribution in [0.4, 0.5) is 5.69 Å². The van der Waals surface area contributed by atoms with E-state index in [2.05, 4.69) is 5.32 Å². The van der Waals surface area contributed by atoms with E-state index in [9.17, 15) is 9.59 Å². The van der Waals surface area contributed by atoms with Gasteiger partial charge in [-0.3, -0.25) is 14.2 Å². The average molecular weight is 532 g/mol. The molecule has 0 spiro atoms. The number of benzene rings is 3. The van der Waals surface area contributed by atoms with E-state index in [-0.39, 0.29) is 11.5 Å². The van der Waals surface area contributed by atoms with Gasteiger partial charge in [-0.1, -0.05) is 84.0 Å². The normalized spacial score (nSPS) is 12.0. The van der Waals surface area contributed by atoms with Gasteiger partial charge in [-0.15, -0.1) is 11.3 Å². The summed E-state index contributed by atoms with van der Waals surface area (Å²) in [4.78, 5) is 33.6. The number of para-hydroxylation sites is 2. The second-order valence-corrected chi connectivity index (χ2v) is 11.1. The fraction of sp³-hybridized carbons (Fsp3) is 0.107. The van der Waals surface area contributed by atoms with Gasteiger partial charge >= 0.3 is 0 Å². The number of hydrogen-bond acceptors (Lipinski definition) is 5. The van der Waals surface area contributed by atoms with Gasteiger partial charge in [0.2, 0.25) is 5.91 Å². The predicted molar refractivity (Wildman–Crippen MR) is 151 cm³/mol. The minimum absolute atomic E-state index is 0.157. The van der Waals surface area contributed by atoms with Crippen LogP contribution in [0.2, 0.25) is 5.02 Å². The molecule has 0 radical (unpaired) electrons. The zero-order valence-electron chi connectivity index (χ0n) is 19.6. The molecule has 0 bridgehead atoms. The highest BCUT2D eigenvalue weighted by atomic mass is 35.5. The second kappa shape index (κ2) is 10.3. The van der Waals surface area contributed by atoms with Crippen LogP contribution in [0.25, 0.3) is 27.0 Å². The number of aryl methyl sites for hydroxylation is 1. The Bertz CT molecular complexity index is 1620. The minimum Gasteiger partial charge on any atom is -0.324 e. The van der Waals surface area contributed by atoms with Gasteiger partial charge in [0.1, 0.15) is 4.83 Å². The molecule has 1 atom stereocenters. The highest BCUT2D eigenvalue weighted by Crippen LogP contribution is 2.37. The zero-order valence-corrected chi connectivity index (χ0v) is 22.0. The SMILES string of the molecule is Cc1sc2nc(SC(C)C(=O)Nc3ccccc3Cl)n(-c3ccccc3)c(=O)c2c1-c1ccccc1. The summed E-state index contributed by atoms with van der Waals surface area (Å²) >= 11 is 8.95. The fourth-order valence-corrected chi connectivity index (χ4v) is 6.18. The lowest BCUT2D eigenvalue weighted by Crippen LogP contribution is -2.26. The lowest BCUT2D eigenvalue weighted by Gasteiger charge is -2.16. The molecule has 0 fully saturated rings. The van der Waals surface area contributed by atoms with Crippen LogP contribution in [0.1, 0.15) is 11.8 Å². The maximum absolute atomic E-state index is 14.0. The van der Waals surface area contributed by atoms with Crippen molar-refractivity contribution >= 4 is 56.5 Å². The van der Waals surface area contributed by atoms with Crippen LogP contribution in [-0.2, 0) is 4.79 Å². The molecule has 36 heavy (non-hydrogen) atoms. The molecule has 5 nitrogen and oxygen atoms in total. The number of hydrogen-bond donors (Lipinski definition) is 1. The Hall–Kier alpha value is -3.39. The van der Waals surface area contributed by atoms with Crippen molar-refractivity contribution in [1.82, 2.24) is 9.55 Å². The number of nitrogens with one attached hydrogen (secondary N) is 1. The molecular formula is C28H22ClN3O2S2. The first-order valence-corrected chi connectivity index (χ1v) is 13.4. The standard InChI is InChI=1S/C28H22ClN3O2S2/c1-17-23(19-11-5-3-6-12-19)24-26(35-17)31-28(32(27(24)34)20-13-7-4-8-14-20)36-18(2)25(33)30-22-16-10-9-15-21(22)29/h3-16,18H,1-2H3,(H,30,33).